The summed E-state index contributed by atoms with van der Waals surface area (Å²) < 4.78 is 5.33. The van der Waals surface area contributed by atoms with E-state index in [4.69, 9.17) is 4.74 Å². The Morgan fingerprint density at radius 1 is 1.28 bits per heavy atom. The van der Waals surface area contributed by atoms with E-state index in [9.17, 15) is 19.5 Å². The molecule has 7 heteroatoms. The third-order valence-corrected chi connectivity index (χ3v) is 5.97. The normalized spacial score (nSPS) is 26.1. The summed E-state index contributed by atoms with van der Waals surface area (Å²) in [6.07, 6.45) is 9.72. The SMILES string of the molecule is CC(C)[C@H]1COC(=O)CCCC=CC[C@H](CC(=O)NC2(CO)CCCC2)C(=O)N1. The number of carbonyl (C=O) groups excluding carboxylic acids is 3. The van der Waals surface area contributed by atoms with Gasteiger partial charge < -0.3 is 20.5 Å². The van der Waals surface area contributed by atoms with Gasteiger partial charge in [-0.15, -0.1) is 0 Å². The number of rotatable bonds is 5. The van der Waals surface area contributed by atoms with Crippen LogP contribution in [-0.4, -0.2) is 47.7 Å². The number of ether oxygens (including phenoxy) is 1. The van der Waals surface area contributed by atoms with Crippen molar-refractivity contribution in [2.75, 3.05) is 13.2 Å². The van der Waals surface area contributed by atoms with Gasteiger partial charge in [0.25, 0.3) is 0 Å². The van der Waals surface area contributed by atoms with Crippen LogP contribution in [0.1, 0.15) is 71.6 Å². The molecule has 1 aliphatic heterocycles. The standard InChI is InChI=1S/C22H36N2O5/c1-16(2)18-14-29-20(27)10-6-4-3-5-9-17(21(28)23-18)13-19(26)24-22(15-25)11-7-8-12-22/h3,5,16-18,25H,4,6-15H2,1-2H3,(H,23,28)(H,24,26)/t17-,18-/m1/s1. The molecule has 2 amide bonds. The van der Waals surface area contributed by atoms with E-state index in [1.54, 1.807) is 0 Å². The Hall–Kier alpha value is -1.89. The van der Waals surface area contributed by atoms with Gasteiger partial charge in [-0.05, 0) is 38.0 Å². The Morgan fingerprint density at radius 2 is 2.00 bits per heavy atom. The molecule has 1 aliphatic carbocycles. The number of hydrogen-bond donors (Lipinski definition) is 3. The summed E-state index contributed by atoms with van der Waals surface area (Å²) in [6.45, 7) is 3.99. The molecule has 3 N–H and O–H groups in total. The van der Waals surface area contributed by atoms with Gasteiger partial charge in [0.05, 0.1) is 24.1 Å². The summed E-state index contributed by atoms with van der Waals surface area (Å²) >= 11 is 0. The number of aliphatic hydroxyl groups excluding tert-OH is 1. The monoisotopic (exact) mass is 408 g/mol. The third-order valence-electron chi connectivity index (χ3n) is 5.97. The first-order valence-corrected chi connectivity index (χ1v) is 10.9. The average molecular weight is 409 g/mol. The average Bonchev–Trinajstić information content (AvgIpc) is 3.14. The molecule has 0 bridgehead atoms. The second kappa shape index (κ2) is 11.3. The summed E-state index contributed by atoms with van der Waals surface area (Å²) in [7, 11) is 0. The molecule has 2 aliphatic rings. The number of esters is 1. The van der Waals surface area contributed by atoms with Gasteiger partial charge in [0.15, 0.2) is 0 Å². The smallest absolute Gasteiger partial charge is 0.305 e. The quantitative estimate of drug-likeness (QED) is 0.478. The van der Waals surface area contributed by atoms with Gasteiger partial charge in [-0.3, -0.25) is 14.4 Å². The van der Waals surface area contributed by atoms with E-state index in [1.807, 2.05) is 26.0 Å². The molecular formula is C22H36N2O5. The van der Waals surface area contributed by atoms with Crippen molar-refractivity contribution in [1.82, 2.24) is 10.6 Å². The Kier molecular flexibility index (Phi) is 9.14. The molecule has 1 fully saturated rings. The maximum absolute atomic E-state index is 12.9. The summed E-state index contributed by atoms with van der Waals surface area (Å²) in [5.74, 6) is -1.06. The van der Waals surface area contributed by atoms with Crippen LogP contribution in [-0.2, 0) is 19.1 Å². The number of nitrogens with one attached hydrogen (secondary N) is 2. The van der Waals surface area contributed by atoms with Crippen LogP contribution in [0.4, 0.5) is 0 Å². The van der Waals surface area contributed by atoms with Crippen molar-refractivity contribution >= 4 is 17.8 Å². The first kappa shape index (κ1) is 23.4. The van der Waals surface area contributed by atoms with E-state index in [1.165, 1.54) is 0 Å². The van der Waals surface area contributed by atoms with Crippen LogP contribution >= 0.6 is 0 Å². The zero-order chi connectivity index (χ0) is 21.3. The molecule has 0 aromatic rings. The van der Waals surface area contributed by atoms with E-state index in [0.717, 1.165) is 32.1 Å². The van der Waals surface area contributed by atoms with Crippen LogP contribution in [0.3, 0.4) is 0 Å². The molecule has 29 heavy (non-hydrogen) atoms. The van der Waals surface area contributed by atoms with Gasteiger partial charge in [-0.2, -0.15) is 0 Å². The van der Waals surface area contributed by atoms with Crippen LogP contribution in [0, 0.1) is 11.8 Å². The predicted octanol–water partition coefficient (Wildman–Crippen LogP) is 2.23. The number of hydrogen-bond acceptors (Lipinski definition) is 5. The topological polar surface area (TPSA) is 105 Å². The maximum Gasteiger partial charge on any atom is 0.305 e. The largest absolute Gasteiger partial charge is 0.463 e. The lowest BCUT2D eigenvalue weighted by Crippen LogP contribution is -2.50. The third kappa shape index (κ3) is 7.46. The van der Waals surface area contributed by atoms with Gasteiger partial charge in [0.1, 0.15) is 6.61 Å². The number of amides is 2. The van der Waals surface area contributed by atoms with Gasteiger partial charge >= 0.3 is 5.97 Å². The Balaban J connectivity index is 2.06. The van der Waals surface area contributed by atoms with Crippen molar-refractivity contribution in [3.8, 4) is 0 Å². The molecule has 0 aromatic heterocycles. The van der Waals surface area contributed by atoms with Crippen molar-refractivity contribution < 1.29 is 24.2 Å². The van der Waals surface area contributed by atoms with Gasteiger partial charge in [0.2, 0.25) is 11.8 Å². The highest BCUT2D eigenvalue weighted by Gasteiger charge is 2.35. The minimum Gasteiger partial charge on any atom is -0.463 e. The first-order chi connectivity index (χ1) is 13.8. The molecule has 7 nitrogen and oxygen atoms in total. The van der Waals surface area contributed by atoms with Crippen molar-refractivity contribution in [3.05, 3.63) is 12.2 Å². The minimum absolute atomic E-state index is 0.0720. The van der Waals surface area contributed by atoms with E-state index in [0.29, 0.717) is 19.3 Å². The molecule has 0 radical (unpaired) electrons. The van der Waals surface area contributed by atoms with E-state index in [2.05, 4.69) is 10.6 Å². The Bertz CT molecular complexity index is 596. The number of allylic oxidation sites excluding steroid dienone is 2. The van der Waals surface area contributed by atoms with Crippen LogP contribution in [0.15, 0.2) is 12.2 Å². The van der Waals surface area contributed by atoms with Crippen molar-refractivity contribution in [3.63, 3.8) is 0 Å². The fourth-order valence-electron chi connectivity index (χ4n) is 3.93. The lowest BCUT2D eigenvalue weighted by atomic mass is 9.94. The molecule has 0 saturated heterocycles. The predicted molar refractivity (Wildman–Crippen MR) is 110 cm³/mol. The maximum atomic E-state index is 12.9. The molecular weight excluding hydrogens is 372 g/mol. The zero-order valence-electron chi connectivity index (χ0n) is 17.7. The summed E-state index contributed by atoms with van der Waals surface area (Å²) in [6, 6.07) is -0.291. The van der Waals surface area contributed by atoms with Crippen LogP contribution < -0.4 is 10.6 Å². The fourth-order valence-corrected chi connectivity index (χ4v) is 3.93. The van der Waals surface area contributed by atoms with Gasteiger partial charge in [-0.25, -0.2) is 0 Å². The fraction of sp³-hybridized carbons (Fsp3) is 0.773. The van der Waals surface area contributed by atoms with E-state index in [-0.39, 0.29) is 49.4 Å². The van der Waals surface area contributed by atoms with Crippen molar-refractivity contribution in [2.45, 2.75) is 83.2 Å². The van der Waals surface area contributed by atoms with Crippen LogP contribution in [0.5, 0.6) is 0 Å². The summed E-state index contributed by atoms with van der Waals surface area (Å²) in [5, 5.41) is 15.7. The summed E-state index contributed by atoms with van der Waals surface area (Å²) in [4.78, 5) is 37.4. The van der Waals surface area contributed by atoms with Gasteiger partial charge in [0, 0.05) is 12.8 Å². The second-order valence-electron chi connectivity index (χ2n) is 8.74. The number of cyclic esters (lactones) is 1. The lowest BCUT2D eigenvalue weighted by molar-refractivity contribution is -0.145. The van der Waals surface area contributed by atoms with Gasteiger partial charge in [-0.1, -0.05) is 38.8 Å². The molecule has 2 rings (SSSR count). The molecule has 2 atom stereocenters. The molecule has 1 saturated carbocycles. The Morgan fingerprint density at radius 3 is 2.66 bits per heavy atom. The highest BCUT2D eigenvalue weighted by Crippen LogP contribution is 2.29. The lowest BCUT2D eigenvalue weighted by Gasteiger charge is -2.29. The molecule has 164 valence electrons. The van der Waals surface area contributed by atoms with Crippen molar-refractivity contribution in [2.24, 2.45) is 11.8 Å². The van der Waals surface area contributed by atoms with E-state index < -0.39 is 11.5 Å². The van der Waals surface area contributed by atoms with Crippen LogP contribution in [0.25, 0.3) is 0 Å². The molecule has 1 heterocycles. The summed E-state index contributed by atoms with van der Waals surface area (Å²) in [5.41, 5.74) is -0.540. The molecule has 0 spiro atoms. The molecule has 0 unspecified atom stereocenters. The number of aliphatic hydroxyl groups is 1. The highest BCUT2D eigenvalue weighted by atomic mass is 16.5. The zero-order valence-corrected chi connectivity index (χ0v) is 17.7. The van der Waals surface area contributed by atoms with Crippen molar-refractivity contribution in [1.29, 1.82) is 0 Å². The minimum atomic E-state index is -0.540. The van der Waals surface area contributed by atoms with Crippen LogP contribution in [0.2, 0.25) is 0 Å². The molecule has 0 aromatic carbocycles. The number of carbonyl (C=O) groups is 3. The second-order valence-corrected chi connectivity index (χ2v) is 8.74. The first-order valence-electron chi connectivity index (χ1n) is 10.9. The van der Waals surface area contributed by atoms with E-state index >= 15 is 0 Å². The Labute approximate surface area is 173 Å². The highest BCUT2D eigenvalue weighted by molar-refractivity contribution is 5.86.